The lowest BCUT2D eigenvalue weighted by molar-refractivity contribution is 0.791. The Morgan fingerprint density at radius 3 is 1.89 bits per heavy atom. The molecule has 6 aromatic rings. The van der Waals surface area contributed by atoms with Gasteiger partial charge in [0.1, 0.15) is 0 Å². The van der Waals surface area contributed by atoms with E-state index < -0.39 is 0 Å². The molecule has 1 unspecified atom stereocenters. The molecule has 5 aromatic carbocycles. The number of hydrogen-bond acceptors (Lipinski definition) is 1. The first-order valence-corrected chi connectivity index (χ1v) is 12.7. The van der Waals surface area contributed by atoms with Gasteiger partial charge in [0.2, 0.25) is 0 Å². The number of pyridine rings is 1. The van der Waals surface area contributed by atoms with Crippen molar-refractivity contribution in [3.8, 4) is 33.4 Å². The SMILES string of the molecule is c1ccc2c(c1)-c1cnccc1C21c2ccccc2-c2cc3c(cc21)Cc1cc2ccccc2cc1-3. The van der Waals surface area contributed by atoms with Crippen LogP contribution >= 0.6 is 0 Å². The second-order valence-electron chi connectivity index (χ2n) is 10.4. The van der Waals surface area contributed by atoms with Gasteiger partial charge in [-0.25, -0.2) is 0 Å². The Labute approximate surface area is 209 Å². The van der Waals surface area contributed by atoms with Crippen LogP contribution in [0.15, 0.2) is 116 Å². The summed E-state index contributed by atoms with van der Waals surface area (Å²) in [6.07, 6.45) is 5.00. The Morgan fingerprint density at radius 1 is 0.472 bits per heavy atom. The lowest BCUT2D eigenvalue weighted by Crippen LogP contribution is -2.26. The summed E-state index contributed by atoms with van der Waals surface area (Å²) in [7, 11) is 0. The second kappa shape index (κ2) is 6.38. The van der Waals surface area contributed by atoms with Crippen molar-refractivity contribution in [3.05, 3.63) is 149 Å². The highest BCUT2D eigenvalue weighted by Gasteiger charge is 2.52. The van der Waals surface area contributed by atoms with Gasteiger partial charge in [-0.15, -0.1) is 0 Å². The Morgan fingerprint density at radius 2 is 1.08 bits per heavy atom. The summed E-state index contributed by atoms with van der Waals surface area (Å²) in [5, 5.41) is 2.64. The average Bonchev–Trinajstić information content (AvgIpc) is 3.54. The Balaban J connectivity index is 1.40. The van der Waals surface area contributed by atoms with Crippen molar-refractivity contribution >= 4 is 10.8 Å². The maximum absolute atomic E-state index is 4.53. The second-order valence-corrected chi connectivity index (χ2v) is 10.4. The van der Waals surface area contributed by atoms with E-state index in [1.165, 1.54) is 77.5 Å². The van der Waals surface area contributed by atoms with Gasteiger partial charge in [0, 0.05) is 18.0 Å². The minimum atomic E-state index is -0.296. The third-order valence-corrected chi connectivity index (χ3v) is 8.76. The number of benzene rings is 5. The van der Waals surface area contributed by atoms with Crippen molar-refractivity contribution in [1.82, 2.24) is 4.98 Å². The molecule has 1 aromatic heterocycles. The molecular formula is C35H21N. The fourth-order valence-electron chi connectivity index (χ4n) is 7.36. The van der Waals surface area contributed by atoms with Crippen LogP contribution in [0.4, 0.5) is 0 Å². The molecule has 0 bridgehead atoms. The van der Waals surface area contributed by atoms with Gasteiger partial charge in [-0.05, 0) is 96.6 Å². The molecule has 0 radical (unpaired) electrons. The quantitative estimate of drug-likeness (QED) is 0.225. The molecule has 1 nitrogen and oxygen atoms in total. The molecule has 166 valence electrons. The summed E-state index contributed by atoms with van der Waals surface area (Å²) in [5.41, 5.74) is 16.2. The third kappa shape index (κ3) is 2.08. The first kappa shape index (κ1) is 18.8. The van der Waals surface area contributed by atoms with E-state index in [2.05, 4.69) is 114 Å². The van der Waals surface area contributed by atoms with E-state index in [1.54, 1.807) is 0 Å². The minimum absolute atomic E-state index is 0.296. The highest BCUT2D eigenvalue weighted by molar-refractivity contribution is 5.98. The Hall–Kier alpha value is -4.49. The molecule has 9 rings (SSSR count). The summed E-state index contributed by atoms with van der Waals surface area (Å²) in [6, 6.07) is 38.7. The molecule has 0 amide bonds. The number of hydrogen-bond donors (Lipinski definition) is 0. The first-order valence-electron chi connectivity index (χ1n) is 12.7. The average molecular weight is 456 g/mol. The van der Waals surface area contributed by atoms with Gasteiger partial charge in [0.25, 0.3) is 0 Å². The van der Waals surface area contributed by atoms with Gasteiger partial charge >= 0.3 is 0 Å². The highest BCUT2D eigenvalue weighted by atomic mass is 14.6. The molecule has 0 saturated heterocycles. The molecule has 0 aliphatic heterocycles. The third-order valence-electron chi connectivity index (χ3n) is 8.76. The van der Waals surface area contributed by atoms with Crippen LogP contribution in [0.25, 0.3) is 44.2 Å². The van der Waals surface area contributed by atoms with Crippen molar-refractivity contribution in [2.75, 3.05) is 0 Å². The molecule has 1 atom stereocenters. The maximum atomic E-state index is 4.53. The normalized spacial score (nSPS) is 17.4. The molecule has 0 N–H and O–H groups in total. The van der Waals surface area contributed by atoms with Crippen LogP contribution in [-0.2, 0) is 11.8 Å². The molecule has 1 heteroatoms. The highest BCUT2D eigenvalue weighted by Crippen LogP contribution is 2.63. The Bertz CT molecular complexity index is 1880. The monoisotopic (exact) mass is 455 g/mol. The standard InChI is InChI=1S/C35H21N/c1-2-8-22-17-27-23(15-21(22)7-1)16-24-18-34-29(19-28(24)27)25-9-3-5-11-31(25)35(34)32-12-6-4-10-26(32)30-20-36-14-13-33(30)35/h1-15,17-20H,16H2. The molecule has 3 aliphatic carbocycles. The van der Waals surface area contributed by atoms with Crippen LogP contribution < -0.4 is 0 Å². The lowest BCUT2D eigenvalue weighted by atomic mass is 9.70. The van der Waals surface area contributed by atoms with Gasteiger partial charge in [0.15, 0.2) is 0 Å². The van der Waals surface area contributed by atoms with E-state index in [1.807, 2.05) is 6.20 Å². The van der Waals surface area contributed by atoms with Crippen molar-refractivity contribution in [2.45, 2.75) is 11.8 Å². The van der Waals surface area contributed by atoms with Crippen molar-refractivity contribution in [2.24, 2.45) is 0 Å². The molecule has 3 aliphatic rings. The van der Waals surface area contributed by atoms with Crippen molar-refractivity contribution in [3.63, 3.8) is 0 Å². The fraction of sp³-hybridized carbons (Fsp3) is 0.0571. The lowest BCUT2D eigenvalue weighted by Gasteiger charge is -2.30. The van der Waals surface area contributed by atoms with Crippen LogP contribution in [0.5, 0.6) is 0 Å². The van der Waals surface area contributed by atoms with E-state index in [9.17, 15) is 0 Å². The number of aromatic nitrogens is 1. The summed E-state index contributed by atoms with van der Waals surface area (Å²) in [4.78, 5) is 4.53. The zero-order chi connectivity index (χ0) is 23.4. The van der Waals surface area contributed by atoms with Crippen LogP contribution in [-0.4, -0.2) is 4.98 Å². The van der Waals surface area contributed by atoms with E-state index in [4.69, 9.17) is 0 Å². The zero-order valence-electron chi connectivity index (χ0n) is 19.6. The van der Waals surface area contributed by atoms with Crippen molar-refractivity contribution < 1.29 is 0 Å². The molecule has 36 heavy (non-hydrogen) atoms. The van der Waals surface area contributed by atoms with Gasteiger partial charge in [-0.3, -0.25) is 4.98 Å². The summed E-state index contributed by atoms with van der Waals surface area (Å²) < 4.78 is 0. The maximum Gasteiger partial charge on any atom is 0.0726 e. The van der Waals surface area contributed by atoms with Gasteiger partial charge in [-0.2, -0.15) is 0 Å². The summed E-state index contributed by atoms with van der Waals surface area (Å²) in [5.74, 6) is 0. The largest absolute Gasteiger partial charge is 0.264 e. The first-order chi connectivity index (χ1) is 17.8. The molecule has 1 heterocycles. The van der Waals surface area contributed by atoms with Crippen molar-refractivity contribution in [1.29, 1.82) is 0 Å². The molecule has 0 fully saturated rings. The van der Waals surface area contributed by atoms with Gasteiger partial charge < -0.3 is 0 Å². The number of fused-ring (bicyclic) bond motifs is 14. The van der Waals surface area contributed by atoms with Crippen LogP contribution in [0.2, 0.25) is 0 Å². The number of rotatable bonds is 0. The molecular weight excluding hydrogens is 434 g/mol. The smallest absolute Gasteiger partial charge is 0.0726 e. The summed E-state index contributed by atoms with van der Waals surface area (Å²) >= 11 is 0. The van der Waals surface area contributed by atoms with Crippen LogP contribution in [0.1, 0.15) is 33.4 Å². The van der Waals surface area contributed by atoms with E-state index in [0.29, 0.717) is 0 Å². The van der Waals surface area contributed by atoms with Gasteiger partial charge in [-0.1, -0.05) is 84.9 Å². The van der Waals surface area contributed by atoms with E-state index >= 15 is 0 Å². The molecule has 1 spiro atoms. The van der Waals surface area contributed by atoms with E-state index in [-0.39, 0.29) is 5.41 Å². The predicted molar refractivity (Wildman–Crippen MR) is 146 cm³/mol. The van der Waals surface area contributed by atoms with Gasteiger partial charge in [0.05, 0.1) is 5.41 Å². The molecule has 0 saturated carbocycles. The minimum Gasteiger partial charge on any atom is -0.264 e. The van der Waals surface area contributed by atoms with Crippen LogP contribution in [0, 0.1) is 0 Å². The predicted octanol–water partition coefficient (Wildman–Crippen LogP) is 8.15. The van der Waals surface area contributed by atoms with Crippen LogP contribution in [0.3, 0.4) is 0 Å². The van der Waals surface area contributed by atoms with E-state index in [0.717, 1.165) is 6.42 Å². The topological polar surface area (TPSA) is 12.9 Å². The Kier molecular flexibility index (Phi) is 3.33. The zero-order valence-corrected chi connectivity index (χ0v) is 19.6. The number of nitrogens with zero attached hydrogens (tertiary/aromatic N) is 1. The summed E-state index contributed by atoms with van der Waals surface area (Å²) in [6.45, 7) is 0. The fourth-order valence-corrected chi connectivity index (χ4v) is 7.36.